The maximum Gasteiger partial charge on any atom is 0.422 e. The second-order valence-electron chi connectivity index (χ2n) is 6.49. The van der Waals surface area contributed by atoms with E-state index < -0.39 is 23.7 Å². The SMILES string of the molecule is CC(C)(C)OC(=O)NN[C@@H](Cc1ccccc1)C(=O)O.CCCCN. The first-order valence-electron chi connectivity index (χ1n) is 8.41. The normalized spacial score (nSPS) is 11.7. The van der Waals surface area contributed by atoms with E-state index in [0.717, 1.165) is 12.1 Å². The maximum atomic E-state index is 11.4. The first kappa shape index (κ1) is 22.9. The molecule has 0 heterocycles. The van der Waals surface area contributed by atoms with E-state index in [1.54, 1.807) is 20.8 Å². The van der Waals surface area contributed by atoms with Crippen LogP contribution < -0.4 is 16.6 Å². The lowest BCUT2D eigenvalue weighted by Gasteiger charge is -2.21. The first-order valence-corrected chi connectivity index (χ1v) is 8.41. The minimum absolute atomic E-state index is 0.256. The average molecular weight is 353 g/mol. The fourth-order valence-corrected chi connectivity index (χ4v) is 1.70. The Balaban J connectivity index is 0.00000101. The molecular formula is C18H31N3O4. The largest absolute Gasteiger partial charge is 0.480 e. The van der Waals surface area contributed by atoms with E-state index in [-0.39, 0.29) is 6.42 Å². The molecule has 5 N–H and O–H groups in total. The third-order valence-electron chi connectivity index (χ3n) is 2.89. The summed E-state index contributed by atoms with van der Waals surface area (Å²) in [7, 11) is 0. The zero-order valence-corrected chi connectivity index (χ0v) is 15.5. The van der Waals surface area contributed by atoms with Crippen molar-refractivity contribution < 1.29 is 19.4 Å². The number of carboxylic acids is 1. The summed E-state index contributed by atoms with van der Waals surface area (Å²) in [6.07, 6.45) is 1.93. The molecule has 1 aromatic rings. The number of hydrogen-bond acceptors (Lipinski definition) is 5. The van der Waals surface area contributed by atoms with Crippen molar-refractivity contribution in [3.8, 4) is 0 Å². The summed E-state index contributed by atoms with van der Waals surface area (Å²) in [6, 6.07) is 8.23. The molecule has 0 aliphatic carbocycles. The molecule has 0 aliphatic rings. The van der Waals surface area contributed by atoms with E-state index in [0.29, 0.717) is 0 Å². The van der Waals surface area contributed by atoms with Crippen LogP contribution in [0, 0.1) is 0 Å². The molecule has 0 spiro atoms. The summed E-state index contributed by atoms with van der Waals surface area (Å²) < 4.78 is 5.01. The number of hydrazine groups is 1. The lowest BCUT2D eigenvalue weighted by molar-refractivity contribution is -0.139. The molecule has 1 rings (SSSR count). The first-order chi connectivity index (χ1) is 11.7. The van der Waals surface area contributed by atoms with Gasteiger partial charge in [-0.1, -0.05) is 43.7 Å². The van der Waals surface area contributed by atoms with E-state index in [1.807, 2.05) is 30.3 Å². The Hall–Kier alpha value is -2.12. The molecular weight excluding hydrogens is 322 g/mol. The van der Waals surface area contributed by atoms with Gasteiger partial charge in [-0.15, -0.1) is 0 Å². The monoisotopic (exact) mass is 353 g/mol. The molecule has 0 saturated heterocycles. The van der Waals surface area contributed by atoms with Gasteiger partial charge in [0.15, 0.2) is 0 Å². The minimum atomic E-state index is -1.05. The van der Waals surface area contributed by atoms with Gasteiger partial charge >= 0.3 is 12.1 Å². The molecule has 25 heavy (non-hydrogen) atoms. The van der Waals surface area contributed by atoms with Gasteiger partial charge in [-0.25, -0.2) is 10.2 Å². The van der Waals surface area contributed by atoms with Gasteiger partial charge in [0, 0.05) is 6.42 Å². The number of rotatable bonds is 7. The van der Waals surface area contributed by atoms with Gasteiger partial charge in [-0.05, 0) is 39.3 Å². The van der Waals surface area contributed by atoms with E-state index in [2.05, 4.69) is 17.8 Å². The summed E-state index contributed by atoms with van der Waals surface area (Å²) in [5.74, 6) is -1.05. The third kappa shape index (κ3) is 12.9. The number of hydrogen-bond donors (Lipinski definition) is 4. The highest BCUT2D eigenvalue weighted by Crippen LogP contribution is 2.06. The van der Waals surface area contributed by atoms with Crippen molar-refractivity contribution in [3.05, 3.63) is 35.9 Å². The Morgan fingerprint density at radius 3 is 2.24 bits per heavy atom. The van der Waals surface area contributed by atoms with Crippen LogP contribution in [-0.2, 0) is 16.0 Å². The highest BCUT2D eigenvalue weighted by Gasteiger charge is 2.21. The van der Waals surface area contributed by atoms with Gasteiger partial charge in [-0.2, -0.15) is 0 Å². The van der Waals surface area contributed by atoms with Crippen molar-refractivity contribution >= 4 is 12.1 Å². The molecule has 142 valence electrons. The van der Waals surface area contributed by atoms with Crippen LogP contribution in [-0.4, -0.2) is 35.4 Å². The van der Waals surface area contributed by atoms with E-state index >= 15 is 0 Å². The van der Waals surface area contributed by atoms with Crippen molar-refractivity contribution in [3.63, 3.8) is 0 Å². The molecule has 0 saturated carbocycles. The Morgan fingerprint density at radius 1 is 1.24 bits per heavy atom. The second kappa shape index (κ2) is 12.3. The Morgan fingerprint density at radius 2 is 1.84 bits per heavy atom. The third-order valence-corrected chi connectivity index (χ3v) is 2.89. The molecule has 1 atom stereocenters. The smallest absolute Gasteiger partial charge is 0.422 e. The van der Waals surface area contributed by atoms with Crippen LogP contribution in [0.2, 0.25) is 0 Å². The number of nitrogens with one attached hydrogen (secondary N) is 2. The van der Waals surface area contributed by atoms with Crippen LogP contribution in [0.5, 0.6) is 0 Å². The summed E-state index contributed by atoms with van der Waals surface area (Å²) in [5.41, 5.74) is 10.1. The Kier molecular flexibility index (Phi) is 11.2. The molecule has 1 aromatic carbocycles. The zero-order valence-electron chi connectivity index (χ0n) is 15.5. The van der Waals surface area contributed by atoms with Crippen LogP contribution >= 0.6 is 0 Å². The minimum Gasteiger partial charge on any atom is -0.480 e. The van der Waals surface area contributed by atoms with Crippen LogP contribution in [0.15, 0.2) is 30.3 Å². The van der Waals surface area contributed by atoms with Gasteiger partial charge in [-0.3, -0.25) is 10.2 Å². The van der Waals surface area contributed by atoms with Crippen molar-refractivity contribution in [2.24, 2.45) is 5.73 Å². The van der Waals surface area contributed by atoms with Gasteiger partial charge in [0.2, 0.25) is 0 Å². The number of carboxylic acid groups (broad SMARTS) is 1. The predicted molar refractivity (Wildman–Crippen MR) is 98.0 cm³/mol. The van der Waals surface area contributed by atoms with E-state index in [9.17, 15) is 9.59 Å². The van der Waals surface area contributed by atoms with Crippen molar-refractivity contribution in [2.45, 2.75) is 58.6 Å². The van der Waals surface area contributed by atoms with Gasteiger partial charge < -0.3 is 15.6 Å². The zero-order chi connectivity index (χ0) is 19.3. The molecule has 0 bridgehead atoms. The number of unbranched alkanes of at least 4 members (excludes halogenated alkanes) is 1. The highest BCUT2D eigenvalue weighted by atomic mass is 16.6. The number of carbonyl (C=O) groups is 2. The van der Waals surface area contributed by atoms with Crippen molar-refractivity contribution in [1.82, 2.24) is 10.9 Å². The fraction of sp³-hybridized carbons (Fsp3) is 0.556. The summed E-state index contributed by atoms with van der Waals surface area (Å²) in [5, 5.41) is 9.13. The maximum absolute atomic E-state index is 11.4. The van der Waals surface area contributed by atoms with Crippen LogP contribution in [0.1, 0.15) is 46.1 Å². The van der Waals surface area contributed by atoms with Gasteiger partial charge in [0.05, 0.1) is 0 Å². The average Bonchev–Trinajstić information content (AvgIpc) is 2.52. The molecule has 0 aromatic heterocycles. The molecule has 0 aliphatic heterocycles. The quantitative estimate of drug-likeness (QED) is 0.560. The lowest BCUT2D eigenvalue weighted by atomic mass is 10.1. The summed E-state index contributed by atoms with van der Waals surface area (Å²) in [4.78, 5) is 22.6. The van der Waals surface area contributed by atoms with Crippen molar-refractivity contribution in [2.75, 3.05) is 6.54 Å². The van der Waals surface area contributed by atoms with Crippen LogP contribution in [0.3, 0.4) is 0 Å². The lowest BCUT2D eigenvalue weighted by Crippen LogP contribution is -2.50. The van der Waals surface area contributed by atoms with Crippen LogP contribution in [0.4, 0.5) is 4.79 Å². The fourth-order valence-electron chi connectivity index (χ4n) is 1.70. The Labute approximate surface area is 149 Å². The molecule has 0 radical (unpaired) electrons. The standard InChI is InChI=1S/C14H20N2O4.C4H11N/c1-14(2,3)20-13(19)16-15-11(12(17)18)9-10-7-5-4-6-8-10;1-2-3-4-5/h4-8,11,15H,9H2,1-3H3,(H,16,19)(H,17,18);2-5H2,1H3/t11-;/m0./s1. The van der Waals surface area contributed by atoms with Gasteiger partial charge in [0.1, 0.15) is 11.6 Å². The molecule has 7 heteroatoms. The summed E-state index contributed by atoms with van der Waals surface area (Å²) >= 11 is 0. The second-order valence-corrected chi connectivity index (χ2v) is 6.49. The number of aliphatic carboxylic acids is 1. The predicted octanol–water partition coefficient (Wildman–Crippen LogP) is 2.46. The highest BCUT2D eigenvalue weighted by molar-refractivity contribution is 5.75. The summed E-state index contributed by atoms with van der Waals surface area (Å²) in [6.45, 7) is 8.16. The number of benzene rings is 1. The Bertz CT molecular complexity index is 499. The number of nitrogens with two attached hydrogens (primary N) is 1. The molecule has 1 amide bonds. The molecule has 7 nitrogen and oxygen atoms in total. The van der Waals surface area contributed by atoms with Crippen LogP contribution in [0.25, 0.3) is 0 Å². The number of carbonyl (C=O) groups excluding carboxylic acids is 1. The van der Waals surface area contributed by atoms with E-state index in [1.165, 1.54) is 12.8 Å². The number of amides is 1. The molecule has 0 unspecified atom stereocenters. The van der Waals surface area contributed by atoms with Crippen molar-refractivity contribution in [1.29, 1.82) is 0 Å². The topological polar surface area (TPSA) is 114 Å². The van der Waals surface area contributed by atoms with Gasteiger partial charge in [0.25, 0.3) is 0 Å². The number of ether oxygens (including phenoxy) is 1. The van der Waals surface area contributed by atoms with E-state index in [4.69, 9.17) is 15.6 Å². The molecule has 0 fully saturated rings.